The van der Waals surface area contributed by atoms with Gasteiger partial charge in [-0.2, -0.15) is 0 Å². The van der Waals surface area contributed by atoms with E-state index in [-0.39, 0.29) is 11.7 Å². The quantitative estimate of drug-likeness (QED) is 0.424. The molecule has 4 aromatic rings. The average Bonchev–Trinajstić information content (AvgIpc) is 3.33. The second kappa shape index (κ2) is 9.97. The molecule has 0 bridgehead atoms. The lowest BCUT2D eigenvalue weighted by Crippen LogP contribution is -2.41. The van der Waals surface area contributed by atoms with Gasteiger partial charge in [-0.3, -0.25) is 9.69 Å². The summed E-state index contributed by atoms with van der Waals surface area (Å²) in [4.78, 5) is 18.6. The Balaban J connectivity index is 1.58. The van der Waals surface area contributed by atoms with Crippen LogP contribution >= 0.6 is 0 Å². The number of aliphatic hydroxyl groups is 1. The normalized spacial score (nSPS) is 16.0. The fraction of sp³-hybridized carbons (Fsp3) is 0.385. The van der Waals surface area contributed by atoms with Gasteiger partial charge in [-0.05, 0) is 76.5 Å². The minimum absolute atomic E-state index is 0.156. The van der Waals surface area contributed by atoms with Crippen molar-refractivity contribution in [1.29, 1.82) is 0 Å². The molecule has 0 saturated carbocycles. The maximum atomic E-state index is 13.3. The summed E-state index contributed by atoms with van der Waals surface area (Å²) in [7, 11) is 1.64. The van der Waals surface area contributed by atoms with Crippen molar-refractivity contribution in [3.63, 3.8) is 0 Å². The maximum absolute atomic E-state index is 13.3. The van der Waals surface area contributed by atoms with Crippen LogP contribution in [-0.2, 0) is 13.0 Å². The lowest BCUT2D eigenvalue weighted by atomic mass is 9.98. The Hall–Kier alpha value is -3.56. The van der Waals surface area contributed by atoms with Gasteiger partial charge < -0.3 is 14.8 Å². The van der Waals surface area contributed by atoms with Crippen LogP contribution in [0.15, 0.2) is 53.3 Å². The van der Waals surface area contributed by atoms with Crippen molar-refractivity contribution >= 4 is 10.9 Å². The summed E-state index contributed by atoms with van der Waals surface area (Å²) >= 11 is 0. The van der Waals surface area contributed by atoms with Gasteiger partial charge in [0, 0.05) is 24.2 Å². The van der Waals surface area contributed by atoms with Gasteiger partial charge in [0.2, 0.25) is 0 Å². The molecule has 1 atom stereocenters. The molecule has 1 aliphatic heterocycles. The van der Waals surface area contributed by atoms with Gasteiger partial charge in [-0.15, -0.1) is 5.10 Å². The molecule has 182 valence electrons. The second-order valence-corrected chi connectivity index (χ2v) is 9.04. The zero-order valence-corrected chi connectivity index (χ0v) is 20.0. The Bertz CT molecular complexity index is 1360. The number of nitrogens with zero attached hydrogens (tertiary/aromatic N) is 5. The number of pyridine rings is 1. The lowest BCUT2D eigenvalue weighted by molar-refractivity contribution is 0.0659. The van der Waals surface area contributed by atoms with E-state index in [1.807, 2.05) is 42.5 Å². The van der Waals surface area contributed by atoms with E-state index in [9.17, 15) is 9.90 Å². The molecule has 0 unspecified atom stereocenters. The number of hydrogen-bond donors (Lipinski definition) is 2. The summed E-state index contributed by atoms with van der Waals surface area (Å²) in [6.07, 6.45) is 1.87. The molecular weight excluding hydrogens is 444 g/mol. The fourth-order valence-corrected chi connectivity index (χ4v) is 4.76. The van der Waals surface area contributed by atoms with Gasteiger partial charge >= 0.3 is 0 Å². The fourth-order valence-electron chi connectivity index (χ4n) is 4.76. The van der Waals surface area contributed by atoms with Crippen LogP contribution in [0.3, 0.4) is 0 Å². The highest BCUT2D eigenvalue weighted by atomic mass is 16.5. The molecule has 9 nitrogen and oxygen atoms in total. The average molecular weight is 475 g/mol. The summed E-state index contributed by atoms with van der Waals surface area (Å²) in [5.41, 5.74) is 3.48. The first-order valence-corrected chi connectivity index (χ1v) is 12.0. The molecule has 2 N–H and O–H groups in total. The summed E-state index contributed by atoms with van der Waals surface area (Å²) < 4.78 is 7.02. The van der Waals surface area contributed by atoms with E-state index in [1.54, 1.807) is 11.8 Å². The largest absolute Gasteiger partial charge is 0.497 e. The smallest absolute Gasteiger partial charge is 0.253 e. The van der Waals surface area contributed by atoms with E-state index in [0.717, 1.165) is 28.6 Å². The number of benzene rings is 2. The molecule has 0 amide bonds. The number of methoxy groups -OCH3 is 1. The first-order valence-electron chi connectivity index (χ1n) is 12.0. The third-order valence-corrected chi connectivity index (χ3v) is 6.80. The summed E-state index contributed by atoms with van der Waals surface area (Å²) in [5.74, 6) is 1.39. The van der Waals surface area contributed by atoms with Gasteiger partial charge in [0.15, 0.2) is 5.82 Å². The van der Waals surface area contributed by atoms with Gasteiger partial charge in [0.25, 0.3) is 5.56 Å². The molecular formula is C26H30N6O3. The van der Waals surface area contributed by atoms with Crippen molar-refractivity contribution in [2.45, 2.75) is 44.9 Å². The third kappa shape index (κ3) is 4.82. The van der Waals surface area contributed by atoms with Crippen LogP contribution in [0.2, 0.25) is 0 Å². The van der Waals surface area contributed by atoms with Crippen LogP contribution in [0, 0.1) is 0 Å². The number of aryl methyl sites for hydroxylation is 1. The molecule has 1 fully saturated rings. The number of likely N-dealkylation sites (tertiary alicyclic amines) is 1. The van der Waals surface area contributed by atoms with Crippen LogP contribution in [0.4, 0.5) is 0 Å². The molecule has 9 heteroatoms. The van der Waals surface area contributed by atoms with Crippen molar-refractivity contribution in [2.75, 3.05) is 20.2 Å². The molecule has 2 aromatic carbocycles. The highest BCUT2D eigenvalue weighted by Crippen LogP contribution is 2.30. The number of nitrogens with one attached hydrogen (secondary N) is 1. The predicted molar refractivity (Wildman–Crippen MR) is 133 cm³/mol. The molecule has 2 aromatic heterocycles. The Morgan fingerprint density at radius 1 is 1.11 bits per heavy atom. The number of aliphatic hydroxyl groups excluding tert-OH is 1. The van der Waals surface area contributed by atoms with Gasteiger partial charge in [-0.1, -0.05) is 25.1 Å². The molecule has 5 rings (SSSR count). The van der Waals surface area contributed by atoms with E-state index >= 15 is 0 Å². The van der Waals surface area contributed by atoms with Crippen LogP contribution in [0.1, 0.15) is 48.3 Å². The van der Waals surface area contributed by atoms with Crippen molar-refractivity contribution in [1.82, 2.24) is 30.1 Å². The first kappa shape index (κ1) is 23.2. The van der Waals surface area contributed by atoms with E-state index in [0.29, 0.717) is 43.9 Å². The highest BCUT2D eigenvalue weighted by molar-refractivity contribution is 5.80. The Morgan fingerprint density at radius 2 is 1.86 bits per heavy atom. The number of piperidine rings is 1. The number of H-pyrrole nitrogens is 1. The molecule has 0 radical (unpaired) electrons. The Labute approximate surface area is 203 Å². The van der Waals surface area contributed by atoms with Crippen molar-refractivity contribution in [2.24, 2.45) is 0 Å². The number of rotatable bonds is 7. The van der Waals surface area contributed by atoms with Crippen LogP contribution < -0.4 is 10.3 Å². The number of aromatic amines is 1. The monoisotopic (exact) mass is 474 g/mol. The molecule has 35 heavy (non-hydrogen) atoms. The van der Waals surface area contributed by atoms with Crippen LogP contribution in [-0.4, -0.2) is 61.5 Å². The lowest BCUT2D eigenvalue weighted by Gasteiger charge is -2.35. The molecule has 0 aliphatic carbocycles. The first-order chi connectivity index (χ1) is 17.1. The SMILES string of the molecule is CCc1ccc2[nH]c(=O)c([C@H](c3nnnn3Cc3ccc(OC)cc3)N3CCC(O)CC3)cc2c1. The highest BCUT2D eigenvalue weighted by Gasteiger charge is 2.32. The van der Waals surface area contributed by atoms with Gasteiger partial charge in [0.1, 0.15) is 11.8 Å². The minimum atomic E-state index is -0.436. The summed E-state index contributed by atoms with van der Waals surface area (Å²) in [6.45, 7) is 3.87. The van der Waals surface area contributed by atoms with Crippen molar-refractivity contribution in [3.8, 4) is 5.75 Å². The standard InChI is InChI=1S/C26H30N6O3/c1-3-17-6-9-23-19(14-17)15-22(26(34)27-23)24(31-12-10-20(33)11-13-31)25-28-29-30-32(25)16-18-4-7-21(35-2)8-5-18/h4-9,14-15,20,24,33H,3,10-13,16H2,1-2H3,(H,27,34)/t24-/m1/s1. The zero-order chi connectivity index (χ0) is 24.4. The number of tetrazole rings is 1. The zero-order valence-electron chi connectivity index (χ0n) is 20.0. The molecule has 0 spiro atoms. The summed E-state index contributed by atoms with van der Waals surface area (Å²) in [5, 5.41) is 23.7. The Morgan fingerprint density at radius 3 is 2.57 bits per heavy atom. The molecule has 3 heterocycles. The van der Waals surface area contributed by atoms with Crippen molar-refractivity contribution < 1.29 is 9.84 Å². The van der Waals surface area contributed by atoms with E-state index < -0.39 is 6.04 Å². The number of ether oxygens (including phenoxy) is 1. The second-order valence-electron chi connectivity index (χ2n) is 9.04. The number of hydrogen-bond acceptors (Lipinski definition) is 7. The van der Waals surface area contributed by atoms with E-state index in [1.165, 1.54) is 5.56 Å². The number of aromatic nitrogens is 5. The maximum Gasteiger partial charge on any atom is 0.253 e. The number of fused-ring (bicyclic) bond motifs is 1. The van der Waals surface area contributed by atoms with E-state index in [2.05, 4.69) is 38.4 Å². The topological polar surface area (TPSA) is 109 Å². The van der Waals surface area contributed by atoms with Crippen LogP contribution in [0.5, 0.6) is 5.75 Å². The predicted octanol–water partition coefficient (Wildman–Crippen LogP) is 2.68. The third-order valence-electron chi connectivity index (χ3n) is 6.80. The molecule has 1 aliphatic rings. The van der Waals surface area contributed by atoms with Crippen molar-refractivity contribution in [3.05, 3.63) is 81.4 Å². The van der Waals surface area contributed by atoms with Gasteiger partial charge in [-0.25, -0.2) is 4.68 Å². The Kier molecular flexibility index (Phi) is 6.61. The van der Waals surface area contributed by atoms with Crippen LogP contribution in [0.25, 0.3) is 10.9 Å². The van der Waals surface area contributed by atoms with E-state index in [4.69, 9.17) is 4.74 Å². The minimum Gasteiger partial charge on any atom is -0.497 e. The molecule has 1 saturated heterocycles. The van der Waals surface area contributed by atoms with Gasteiger partial charge in [0.05, 0.1) is 19.8 Å². The summed E-state index contributed by atoms with van der Waals surface area (Å²) in [6, 6.07) is 15.4.